The number of amides is 4. The summed E-state index contributed by atoms with van der Waals surface area (Å²) in [5, 5.41) is 24.9. The predicted molar refractivity (Wildman–Crippen MR) is 306 cm³/mol. The Morgan fingerprint density at radius 2 is 1.05 bits per heavy atom. The number of methoxy groups -OCH3 is 2. The lowest BCUT2D eigenvalue weighted by Crippen LogP contribution is -2.43. The third-order valence-corrected chi connectivity index (χ3v) is 16.5. The van der Waals surface area contributed by atoms with Gasteiger partial charge < -0.3 is 48.8 Å². The number of aliphatic imine (C=N–C) groups is 2. The van der Waals surface area contributed by atoms with Crippen molar-refractivity contribution < 1.29 is 48.3 Å². The molecule has 16 nitrogen and oxygen atoms in total. The van der Waals surface area contributed by atoms with Gasteiger partial charge in [-0.1, -0.05) is 62.4 Å². The number of benzene rings is 6. The highest BCUT2D eigenvalue weighted by molar-refractivity contribution is 6.06. The van der Waals surface area contributed by atoms with Crippen LogP contribution < -0.4 is 28.7 Å². The normalized spacial score (nSPS) is 19.8. The van der Waals surface area contributed by atoms with Gasteiger partial charge in [-0.05, 0) is 91.8 Å². The molecular formula is C63H68N6O10. The van der Waals surface area contributed by atoms with Crippen LogP contribution in [0.2, 0.25) is 0 Å². The molecule has 2 fully saturated rings. The molecule has 410 valence electrons. The van der Waals surface area contributed by atoms with Crippen molar-refractivity contribution in [2.24, 2.45) is 9.98 Å². The maximum atomic E-state index is 13.3. The van der Waals surface area contributed by atoms with Gasteiger partial charge in [0.25, 0.3) is 11.8 Å². The van der Waals surface area contributed by atoms with E-state index < -0.39 is 0 Å². The SMILES string of the molecule is CC[C@@H]1CN(C(=O)CCCOc2cc3c(cc2OC)C(=O)N2CCCC[C@H]2C=N3)c2cc(O)c3ccccc3c21.COc1cc2c(cc1OCCCC(=O)N1C[C@@H](C)c3c1cc(O)c1ccccc31)N=C[C@@H]1CCCCN1C2=O. The Morgan fingerprint density at radius 1 is 0.595 bits per heavy atom. The molecular weight excluding hydrogens is 1000 g/mol. The van der Waals surface area contributed by atoms with Crippen LogP contribution in [0.25, 0.3) is 21.5 Å². The van der Waals surface area contributed by atoms with Crippen LogP contribution in [0.1, 0.15) is 128 Å². The van der Waals surface area contributed by atoms with E-state index in [-0.39, 0.29) is 59.0 Å². The topological polar surface area (TPSA) is 183 Å². The minimum Gasteiger partial charge on any atom is -0.507 e. The van der Waals surface area contributed by atoms with Crippen molar-refractivity contribution in [1.29, 1.82) is 0 Å². The van der Waals surface area contributed by atoms with Gasteiger partial charge in [0.1, 0.15) is 11.5 Å². The predicted octanol–water partition coefficient (Wildman–Crippen LogP) is 11.5. The van der Waals surface area contributed by atoms with Gasteiger partial charge in [-0.3, -0.25) is 29.2 Å². The van der Waals surface area contributed by atoms with Crippen molar-refractivity contribution in [2.75, 3.05) is 63.4 Å². The van der Waals surface area contributed by atoms with E-state index in [0.717, 1.165) is 102 Å². The summed E-state index contributed by atoms with van der Waals surface area (Å²) in [4.78, 5) is 69.6. The van der Waals surface area contributed by atoms with E-state index in [9.17, 15) is 29.4 Å². The molecule has 6 aliphatic heterocycles. The van der Waals surface area contributed by atoms with E-state index in [2.05, 4.69) is 23.8 Å². The Hall–Kier alpha value is -8.14. The first-order chi connectivity index (χ1) is 38.5. The Kier molecular flexibility index (Phi) is 15.2. The second-order valence-electron chi connectivity index (χ2n) is 21.4. The number of rotatable bonds is 13. The Morgan fingerprint density at radius 3 is 1.53 bits per heavy atom. The molecule has 2 N–H and O–H groups in total. The number of aromatic hydroxyl groups is 2. The molecule has 79 heavy (non-hydrogen) atoms. The summed E-state index contributed by atoms with van der Waals surface area (Å²) in [6.07, 6.45) is 12.3. The van der Waals surface area contributed by atoms with E-state index in [4.69, 9.17) is 18.9 Å². The Balaban J connectivity index is 0.000000167. The van der Waals surface area contributed by atoms with E-state index in [0.29, 0.717) is 97.5 Å². The molecule has 6 aliphatic rings. The molecule has 12 rings (SSSR count). The summed E-state index contributed by atoms with van der Waals surface area (Å²) < 4.78 is 23.2. The molecule has 6 aromatic carbocycles. The number of fused-ring (bicyclic) bond motifs is 10. The van der Waals surface area contributed by atoms with Crippen molar-refractivity contribution in [1.82, 2.24) is 9.80 Å². The maximum Gasteiger partial charge on any atom is 0.256 e. The number of hydrogen-bond donors (Lipinski definition) is 2. The molecule has 0 radical (unpaired) electrons. The fourth-order valence-electron chi connectivity index (χ4n) is 12.5. The lowest BCUT2D eigenvalue weighted by Gasteiger charge is -2.32. The lowest BCUT2D eigenvalue weighted by atomic mass is 9.93. The van der Waals surface area contributed by atoms with Gasteiger partial charge in [0.05, 0.1) is 73.4 Å². The summed E-state index contributed by atoms with van der Waals surface area (Å²) in [5.74, 6) is 2.71. The van der Waals surface area contributed by atoms with Crippen molar-refractivity contribution in [3.8, 4) is 34.5 Å². The second-order valence-corrected chi connectivity index (χ2v) is 21.4. The van der Waals surface area contributed by atoms with Crippen LogP contribution in [-0.2, 0) is 9.59 Å². The molecule has 6 heterocycles. The number of nitrogens with zero attached hydrogens (tertiary/aromatic N) is 6. The molecule has 2 saturated heterocycles. The molecule has 16 heteroatoms. The van der Waals surface area contributed by atoms with Crippen LogP contribution in [-0.4, -0.2) is 122 Å². The van der Waals surface area contributed by atoms with Crippen LogP contribution in [0.15, 0.2) is 94.9 Å². The highest BCUT2D eigenvalue weighted by atomic mass is 16.5. The molecule has 0 spiro atoms. The molecule has 0 aromatic heterocycles. The molecule has 4 atom stereocenters. The maximum absolute atomic E-state index is 13.3. The average Bonchev–Trinajstić information content (AvgIpc) is 4.21. The largest absolute Gasteiger partial charge is 0.507 e. The smallest absolute Gasteiger partial charge is 0.256 e. The number of phenols is 2. The van der Waals surface area contributed by atoms with Crippen LogP contribution in [0.4, 0.5) is 22.7 Å². The van der Waals surface area contributed by atoms with Crippen LogP contribution in [0, 0.1) is 0 Å². The Bertz CT molecular complexity index is 3430. The molecule has 0 bridgehead atoms. The number of phenolic OH excluding ortho intramolecular Hbond substituents is 2. The third-order valence-electron chi connectivity index (χ3n) is 16.5. The number of carbonyl (C=O) groups excluding carboxylic acids is 4. The number of anilines is 2. The monoisotopic (exact) mass is 1070 g/mol. The zero-order valence-electron chi connectivity index (χ0n) is 45.4. The third kappa shape index (κ3) is 10.2. The average molecular weight is 1070 g/mol. The molecule has 4 amide bonds. The van der Waals surface area contributed by atoms with Gasteiger partial charge in [-0.2, -0.15) is 0 Å². The van der Waals surface area contributed by atoms with Gasteiger partial charge in [0.2, 0.25) is 11.8 Å². The lowest BCUT2D eigenvalue weighted by molar-refractivity contribution is -0.119. The van der Waals surface area contributed by atoms with E-state index in [1.54, 1.807) is 55.5 Å². The van der Waals surface area contributed by atoms with Crippen molar-refractivity contribution in [3.63, 3.8) is 0 Å². The standard InChI is InChI=1S/C32H35N3O5.C31H33N3O5/c1-3-20-19-35(26-17-27(36)22-10-4-5-11-23(22)31(20)26)30(37)12-8-14-40-29-16-25-24(15-28(29)39-2)32(38)34-13-7-6-9-21(34)18-33-25;1-19-18-34(25-16-26(35)21-9-3-4-10-22(21)30(19)25)29(36)11-7-13-39-28-15-24-23(14-27(28)38-2)31(37)33-12-6-5-8-20(33)17-32-24/h4-5,10-11,15-18,20-21,36H,3,6-9,12-14,19H2,1-2H3;3-4,9-10,14-17,19-20,35H,5-8,11-13,18H2,1-2H3/t20-,21+;19-,20+/m11/s1. The number of piperidine rings is 2. The summed E-state index contributed by atoms with van der Waals surface area (Å²) in [5.41, 5.74) is 6.04. The van der Waals surface area contributed by atoms with Crippen molar-refractivity contribution >= 4 is 80.4 Å². The zero-order valence-corrected chi connectivity index (χ0v) is 45.4. The van der Waals surface area contributed by atoms with E-state index >= 15 is 0 Å². The number of hydrogen-bond acceptors (Lipinski definition) is 12. The first-order valence-corrected chi connectivity index (χ1v) is 28.0. The quantitative estimate of drug-likeness (QED) is 0.106. The minimum absolute atomic E-state index is 0.000346. The number of ether oxygens (including phenoxy) is 4. The molecule has 0 aliphatic carbocycles. The fourth-order valence-corrected chi connectivity index (χ4v) is 12.5. The van der Waals surface area contributed by atoms with E-state index in [1.165, 1.54) is 0 Å². The zero-order chi connectivity index (χ0) is 54.9. The highest BCUT2D eigenvalue weighted by Gasteiger charge is 2.36. The van der Waals surface area contributed by atoms with Crippen molar-refractivity contribution in [2.45, 2.75) is 108 Å². The molecule has 0 saturated carbocycles. The summed E-state index contributed by atoms with van der Waals surface area (Å²) in [6.45, 7) is 7.55. The van der Waals surface area contributed by atoms with Crippen LogP contribution in [0.3, 0.4) is 0 Å². The van der Waals surface area contributed by atoms with Gasteiger partial charge in [0.15, 0.2) is 23.0 Å². The first kappa shape index (κ1) is 52.9. The second kappa shape index (κ2) is 22.7. The molecule has 6 aromatic rings. The summed E-state index contributed by atoms with van der Waals surface area (Å²) in [7, 11) is 3.11. The minimum atomic E-state index is -0.0263. The molecule has 0 unspecified atom stereocenters. The van der Waals surface area contributed by atoms with Crippen LogP contribution in [0.5, 0.6) is 34.5 Å². The van der Waals surface area contributed by atoms with Gasteiger partial charge >= 0.3 is 0 Å². The van der Waals surface area contributed by atoms with Gasteiger partial charge in [-0.25, -0.2) is 0 Å². The van der Waals surface area contributed by atoms with Gasteiger partial charge in [-0.15, -0.1) is 0 Å². The van der Waals surface area contributed by atoms with Crippen LogP contribution >= 0.6 is 0 Å². The van der Waals surface area contributed by atoms with Crippen molar-refractivity contribution in [3.05, 3.63) is 107 Å². The highest BCUT2D eigenvalue weighted by Crippen LogP contribution is 2.48. The Labute approximate surface area is 460 Å². The number of carbonyl (C=O) groups is 4. The van der Waals surface area contributed by atoms with E-state index in [1.807, 2.05) is 75.7 Å². The summed E-state index contributed by atoms with van der Waals surface area (Å²) in [6, 6.07) is 26.1. The summed E-state index contributed by atoms with van der Waals surface area (Å²) >= 11 is 0. The first-order valence-electron chi connectivity index (χ1n) is 28.0. The van der Waals surface area contributed by atoms with Gasteiger partial charge in [0, 0.05) is 98.3 Å². The fraction of sp³-hybridized carbons (Fsp3) is 0.397.